The van der Waals surface area contributed by atoms with Crippen LogP contribution in [0.2, 0.25) is 0 Å². The first-order chi connectivity index (χ1) is 8.56. The highest BCUT2D eigenvalue weighted by Gasteiger charge is 2.33. The van der Waals surface area contributed by atoms with Crippen LogP contribution >= 0.6 is 0 Å². The molecule has 94 valence electrons. The summed E-state index contributed by atoms with van der Waals surface area (Å²) in [6, 6.07) is 2.46. The molecule has 3 nitrogen and oxygen atoms in total. The normalized spacial score (nSPS) is 18.3. The number of anilines is 1. The van der Waals surface area contributed by atoms with Gasteiger partial charge in [-0.1, -0.05) is 0 Å². The SMILES string of the molecule is O=C(O)C1=CN(C2CC2)c2cc(F)c(F)cc2C1. The third-order valence-corrected chi connectivity index (χ3v) is 3.29. The van der Waals surface area contributed by atoms with Crippen molar-refractivity contribution in [3.8, 4) is 0 Å². The van der Waals surface area contributed by atoms with Gasteiger partial charge in [0.05, 0.1) is 5.57 Å². The molecule has 0 spiro atoms. The number of aliphatic carboxylic acids is 1. The molecule has 0 aromatic heterocycles. The molecule has 18 heavy (non-hydrogen) atoms. The Balaban J connectivity index is 2.09. The van der Waals surface area contributed by atoms with Crippen molar-refractivity contribution in [2.75, 3.05) is 4.90 Å². The van der Waals surface area contributed by atoms with Crippen molar-refractivity contribution >= 4 is 11.7 Å². The van der Waals surface area contributed by atoms with E-state index in [1.54, 1.807) is 11.1 Å². The maximum atomic E-state index is 13.3. The fraction of sp³-hybridized carbons (Fsp3) is 0.308. The molecular formula is C13H11F2NO2. The molecule has 1 fully saturated rings. The second-order valence-corrected chi connectivity index (χ2v) is 4.67. The van der Waals surface area contributed by atoms with Gasteiger partial charge in [0.2, 0.25) is 0 Å². The lowest BCUT2D eigenvalue weighted by Gasteiger charge is -2.28. The highest BCUT2D eigenvalue weighted by atomic mass is 19.2. The van der Waals surface area contributed by atoms with Gasteiger partial charge in [0.1, 0.15) is 0 Å². The zero-order valence-corrected chi connectivity index (χ0v) is 9.49. The van der Waals surface area contributed by atoms with Crippen LogP contribution in [0.4, 0.5) is 14.5 Å². The number of benzene rings is 1. The second-order valence-electron chi connectivity index (χ2n) is 4.67. The summed E-state index contributed by atoms with van der Waals surface area (Å²) in [4.78, 5) is 12.8. The van der Waals surface area contributed by atoms with Gasteiger partial charge < -0.3 is 10.0 Å². The average Bonchev–Trinajstić information content (AvgIpc) is 3.13. The molecule has 1 N–H and O–H groups in total. The zero-order valence-electron chi connectivity index (χ0n) is 9.49. The number of carboxylic acid groups (broad SMARTS) is 1. The highest BCUT2D eigenvalue weighted by molar-refractivity contribution is 5.89. The van der Waals surface area contributed by atoms with Crippen molar-refractivity contribution < 1.29 is 18.7 Å². The molecule has 0 bridgehead atoms. The summed E-state index contributed by atoms with van der Waals surface area (Å²) in [7, 11) is 0. The Morgan fingerprint density at radius 3 is 2.56 bits per heavy atom. The number of nitrogens with zero attached hydrogens (tertiary/aromatic N) is 1. The van der Waals surface area contributed by atoms with E-state index in [9.17, 15) is 13.6 Å². The Bertz CT molecular complexity index is 564. The first-order valence-corrected chi connectivity index (χ1v) is 5.76. The Kier molecular flexibility index (Phi) is 2.36. The number of hydrogen-bond acceptors (Lipinski definition) is 2. The van der Waals surface area contributed by atoms with Gasteiger partial charge in [0.25, 0.3) is 0 Å². The zero-order chi connectivity index (χ0) is 12.9. The summed E-state index contributed by atoms with van der Waals surface area (Å²) in [5.74, 6) is -2.85. The van der Waals surface area contributed by atoms with E-state index < -0.39 is 17.6 Å². The van der Waals surface area contributed by atoms with E-state index in [0.29, 0.717) is 11.3 Å². The molecule has 0 atom stereocenters. The van der Waals surface area contributed by atoms with Crippen molar-refractivity contribution in [2.24, 2.45) is 0 Å². The molecule has 1 heterocycles. The average molecular weight is 251 g/mol. The Morgan fingerprint density at radius 1 is 1.28 bits per heavy atom. The van der Waals surface area contributed by atoms with Crippen molar-refractivity contribution in [3.05, 3.63) is 41.1 Å². The summed E-state index contributed by atoms with van der Waals surface area (Å²) in [5.41, 5.74) is 1.32. The minimum absolute atomic E-state index is 0.130. The standard InChI is InChI=1S/C13H11F2NO2/c14-10-4-7-3-8(13(17)18)6-16(9-1-2-9)12(7)5-11(10)15/h4-6,9H,1-3H2,(H,17,18). The van der Waals surface area contributed by atoms with Gasteiger partial charge in [0, 0.05) is 30.4 Å². The lowest BCUT2D eigenvalue weighted by atomic mass is 9.99. The molecule has 0 saturated heterocycles. The van der Waals surface area contributed by atoms with Gasteiger partial charge in [-0.15, -0.1) is 0 Å². The van der Waals surface area contributed by atoms with Gasteiger partial charge in [-0.25, -0.2) is 13.6 Å². The van der Waals surface area contributed by atoms with E-state index >= 15 is 0 Å². The van der Waals surface area contributed by atoms with Crippen LogP contribution < -0.4 is 4.90 Å². The summed E-state index contributed by atoms with van der Waals surface area (Å²) < 4.78 is 26.5. The molecule has 1 aromatic carbocycles. The Hall–Kier alpha value is -1.91. The van der Waals surface area contributed by atoms with E-state index in [4.69, 9.17) is 5.11 Å². The predicted molar refractivity (Wildman–Crippen MR) is 61.3 cm³/mol. The molecule has 1 aliphatic heterocycles. The van der Waals surface area contributed by atoms with Crippen LogP contribution in [0.25, 0.3) is 0 Å². The van der Waals surface area contributed by atoms with E-state index in [0.717, 1.165) is 25.0 Å². The summed E-state index contributed by atoms with van der Waals surface area (Å²) in [5, 5.41) is 9.04. The number of rotatable bonds is 2. The van der Waals surface area contributed by atoms with Crippen molar-refractivity contribution in [1.82, 2.24) is 0 Å². The van der Waals surface area contributed by atoms with Crippen LogP contribution in [-0.4, -0.2) is 17.1 Å². The maximum absolute atomic E-state index is 13.3. The number of hydrogen-bond donors (Lipinski definition) is 1. The fourth-order valence-corrected chi connectivity index (χ4v) is 2.23. The van der Waals surface area contributed by atoms with Gasteiger partial charge in [0.15, 0.2) is 11.6 Å². The predicted octanol–water partition coefficient (Wildman–Crippen LogP) is 2.46. The van der Waals surface area contributed by atoms with Crippen LogP contribution in [0.3, 0.4) is 0 Å². The molecule has 1 saturated carbocycles. The van der Waals surface area contributed by atoms with E-state index in [-0.39, 0.29) is 18.0 Å². The quantitative estimate of drug-likeness (QED) is 0.877. The van der Waals surface area contributed by atoms with Crippen molar-refractivity contribution in [1.29, 1.82) is 0 Å². The Labute approximate surface area is 102 Å². The van der Waals surface area contributed by atoms with Crippen LogP contribution in [0, 0.1) is 11.6 Å². The molecule has 1 aliphatic carbocycles. The summed E-state index contributed by atoms with van der Waals surface area (Å²) >= 11 is 0. The van der Waals surface area contributed by atoms with Gasteiger partial charge in [-0.05, 0) is 24.5 Å². The van der Waals surface area contributed by atoms with Crippen LogP contribution in [-0.2, 0) is 11.2 Å². The number of carbonyl (C=O) groups is 1. The number of carboxylic acids is 1. The van der Waals surface area contributed by atoms with Crippen LogP contribution in [0.5, 0.6) is 0 Å². The maximum Gasteiger partial charge on any atom is 0.333 e. The molecule has 2 aliphatic rings. The van der Waals surface area contributed by atoms with Crippen molar-refractivity contribution in [3.63, 3.8) is 0 Å². The lowest BCUT2D eigenvalue weighted by Crippen LogP contribution is -2.26. The monoisotopic (exact) mass is 251 g/mol. The summed E-state index contributed by atoms with van der Waals surface area (Å²) in [6.07, 6.45) is 3.56. The van der Waals surface area contributed by atoms with Gasteiger partial charge in [-0.3, -0.25) is 0 Å². The number of fused-ring (bicyclic) bond motifs is 1. The van der Waals surface area contributed by atoms with E-state index in [1.165, 1.54) is 0 Å². The minimum Gasteiger partial charge on any atom is -0.478 e. The second kappa shape index (κ2) is 3.80. The van der Waals surface area contributed by atoms with Gasteiger partial charge in [-0.2, -0.15) is 0 Å². The molecule has 3 rings (SSSR count). The molecular weight excluding hydrogens is 240 g/mol. The third-order valence-electron chi connectivity index (χ3n) is 3.29. The fourth-order valence-electron chi connectivity index (χ4n) is 2.23. The third kappa shape index (κ3) is 1.75. The summed E-state index contributed by atoms with van der Waals surface area (Å²) in [6.45, 7) is 0. The topological polar surface area (TPSA) is 40.5 Å². The largest absolute Gasteiger partial charge is 0.478 e. The molecule has 5 heteroatoms. The first-order valence-electron chi connectivity index (χ1n) is 5.76. The molecule has 0 radical (unpaired) electrons. The van der Waals surface area contributed by atoms with E-state index in [1.807, 2.05) is 0 Å². The number of halogens is 2. The minimum atomic E-state index is -1.02. The van der Waals surface area contributed by atoms with Crippen LogP contribution in [0.15, 0.2) is 23.9 Å². The van der Waals surface area contributed by atoms with E-state index in [2.05, 4.69) is 0 Å². The first kappa shape index (κ1) is 11.2. The Morgan fingerprint density at radius 2 is 1.94 bits per heavy atom. The molecule has 0 amide bonds. The van der Waals surface area contributed by atoms with Crippen LogP contribution in [0.1, 0.15) is 18.4 Å². The van der Waals surface area contributed by atoms with Gasteiger partial charge >= 0.3 is 5.97 Å². The smallest absolute Gasteiger partial charge is 0.333 e. The highest BCUT2D eigenvalue weighted by Crippen LogP contribution is 2.38. The molecule has 1 aromatic rings. The van der Waals surface area contributed by atoms with Crippen molar-refractivity contribution in [2.45, 2.75) is 25.3 Å². The molecule has 0 unspecified atom stereocenters. The lowest BCUT2D eigenvalue weighted by molar-refractivity contribution is -0.132.